The highest BCUT2D eigenvalue weighted by Crippen LogP contribution is 2.52. The molecule has 2 bridgehead atoms. The fraction of sp³-hybridized carbons (Fsp3) is 0.636. The van der Waals surface area contributed by atoms with Crippen molar-refractivity contribution >= 4 is 35.0 Å². The summed E-state index contributed by atoms with van der Waals surface area (Å²) < 4.78 is 21.1. The lowest BCUT2D eigenvalue weighted by molar-refractivity contribution is -0.123. The van der Waals surface area contributed by atoms with Crippen LogP contribution in [0.15, 0.2) is 18.3 Å². The summed E-state index contributed by atoms with van der Waals surface area (Å²) in [4.78, 5) is 42.6. The molecule has 5 aliphatic rings. The lowest BCUT2D eigenvalue weighted by Crippen LogP contribution is -2.55. The average Bonchev–Trinajstić information content (AvgIpc) is 3.81. The maximum Gasteiger partial charge on any atom is 0.254 e. The second kappa shape index (κ2) is 11.5. The molecule has 44 heavy (non-hydrogen) atoms. The number of nitrogens with zero attached hydrogens (tertiary/aromatic N) is 5. The van der Waals surface area contributed by atoms with Crippen LogP contribution >= 0.6 is 0 Å². The van der Waals surface area contributed by atoms with Crippen LogP contribution in [0.2, 0.25) is 0 Å². The van der Waals surface area contributed by atoms with E-state index in [1.54, 1.807) is 11.1 Å². The Balaban J connectivity index is 1.13. The van der Waals surface area contributed by atoms with Crippen LogP contribution in [0.4, 0.5) is 27.5 Å². The predicted molar refractivity (Wildman–Crippen MR) is 167 cm³/mol. The number of amides is 2. The van der Waals surface area contributed by atoms with Crippen LogP contribution in [0.5, 0.6) is 5.75 Å². The van der Waals surface area contributed by atoms with E-state index in [9.17, 15) is 9.59 Å². The van der Waals surface area contributed by atoms with Gasteiger partial charge in [0.2, 0.25) is 11.9 Å². The average molecular weight is 606 g/mol. The van der Waals surface area contributed by atoms with Crippen molar-refractivity contribution in [2.45, 2.75) is 101 Å². The van der Waals surface area contributed by atoms with E-state index in [-0.39, 0.29) is 28.9 Å². The number of anilines is 4. The summed E-state index contributed by atoms with van der Waals surface area (Å²) in [6.07, 6.45) is 14.4. The molecule has 10 nitrogen and oxygen atoms in total. The van der Waals surface area contributed by atoms with E-state index in [1.807, 2.05) is 7.05 Å². The zero-order valence-electron chi connectivity index (χ0n) is 26.1. The van der Waals surface area contributed by atoms with Crippen molar-refractivity contribution in [3.63, 3.8) is 0 Å². The third-order valence-corrected chi connectivity index (χ3v) is 10.9. The summed E-state index contributed by atoms with van der Waals surface area (Å²) in [5.74, 6) is 0.396. The van der Waals surface area contributed by atoms with Gasteiger partial charge in [0.15, 0.2) is 5.82 Å². The molecule has 7 rings (SSSR count). The second-order valence-corrected chi connectivity index (χ2v) is 13.7. The van der Waals surface area contributed by atoms with Crippen LogP contribution < -0.4 is 25.2 Å². The number of methoxy groups -OCH3 is 1. The first-order chi connectivity index (χ1) is 21.3. The molecule has 0 radical (unpaired) electrons. The van der Waals surface area contributed by atoms with Gasteiger partial charge in [-0.05, 0) is 64.5 Å². The van der Waals surface area contributed by atoms with Crippen LogP contribution in [-0.2, 0) is 4.79 Å². The molecule has 11 heteroatoms. The third kappa shape index (κ3) is 5.26. The molecule has 2 saturated carbocycles. The standard InChI is InChI=1S/C33H44FN7O3/c1-39-22-10-7-11-23(39)15-20(14-22)36-30(42)24-16-28(44-3)26(17-25(24)34)37-32-35-18-27-29(38-32)41(21-8-5-4-6-9-21)19-33(12-13-33)31(43)40(27)2/h16-18,20-23H,4-15,19H2,1-3H3,(H,36,42)(H,35,37,38). The topological polar surface area (TPSA) is 103 Å². The highest BCUT2D eigenvalue weighted by Gasteiger charge is 2.55. The Bertz CT molecular complexity index is 1430. The Morgan fingerprint density at radius 1 is 1.02 bits per heavy atom. The quantitative estimate of drug-likeness (QED) is 0.474. The largest absolute Gasteiger partial charge is 0.495 e. The van der Waals surface area contributed by atoms with Gasteiger partial charge in [0.25, 0.3) is 5.91 Å². The molecule has 1 aromatic heterocycles. The summed E-state index contributed by atoms with van der Waals surface area (Å²) in [6.45, 7) is 0.658. The second-order valence-electron chi connectivity index (χ2n) is 13.7. The first kappa shape index (κ1) is 29.3. The number of fused-ring (bicyclic) bond motifs is 3. The van der Waals surface area contributed by atoms with Gasteiger partial charge in [-0.2, -0.15) is 4.98 Å². The Morgan fingerprint density at radius 2 is 1.73 bits per heavy atom. The summed E-state index contributed by atoms with van der Waals surface area (Å²) in [5.41, 5.74) is 0.627. The zero-order chi connectivity index (χ0) is 30.6. The molecule has 2 saturated heterocycles. The van der Waals surface area contributed by atoms with E-state index in [1.165, 1.54) is 44.9 Å². The minimum atomic E-state index is -0.640. The molecule has 2 amide bonds. The Hall–Kier alpha value is -3.47. The summed E-state index contributed by atoms with van der Waals surface area (Å²) in [7, 11) is 5.48. The van der Waals surface area contributed by atoms with Crippen molar-refractivity contribution in [2.24, 2.45) is 5.41 Å². The Labute approximate surface area is 258 Å². The van der Waals surface area contributed by atoms with Crippen LogP contribution in [0, 0.1) is 11.2 Å². The number of piperidine rings is 2. The molecule has 4 heterocycles. The van der Waals surface area contributed by atoms with E-state index >= 15 is 4.39 Å². The van der Waals surface area contributed by atoms with Gasteiger partial charge >= 0.3 is 0 Å². The number of carbonyl (C=O) groups excluding carboxylic acids is 2. The van der Waals surface area contributed by atoms with Crippen LogP contribution in [-0.4, -0.2) is 78.6 Å². The highest BCUT2D eigenvalue weighted by atomic mass is 19.1. The summed E-state index contributed by atoms with van der Waals surface area (Å²) in [6, 6.07) is 3.99. The maximum absolute atomic E-state index is 15.5. The molecular weight excluding hydrogens is 561 g/mol. The molecule has 4 fully saturated rings. The normalized spacial score (nSPS) is 26.6. The number of carbonyl (C=O) groups is 2. The monoisotopic (exact) mass is 605 g/mol. The molecule has 2 N–H and O–H groups in total. The molecular formula is C33H44FN7O3. The van der Waals surface area contributed by atoms with E-state index in [0.29, 0.717) is 41.8 Å². The van der Waals surface area contributed by atoms with E-state index in [4.69, 9.17) is 9.72 Å². The van der Waals surface area contributed by atoms with Gasteiger partial charge in [-0.15, -0.1) is 0 Å². The van der Waals surface area contributed by atoms with Crippen molar-refractivity contribution in [2.75, 3.05) is 42.9 Å². The molecule has 236 valence electrons. The smallest absolute Gasteiger partial charge is 0.254 e. The van der Waals surface area contributed by atoms with Crippen molar-refractivity contribution < 1.29 is 18.7 Å². The first-order valence-corrected chi connectivity index (χ1v) is 16.4. The van der Waals surface area contributed by atoms with Crippen LogP contribution in [0.3, 0.4) is 0 Å². The van der Waals surface area contributed by atoms with Crippen molar-refractivity contribution in [3.8, 4) is 5.75 Å². The van der Waals surface area contributed by atoms with Gasteiger partial charge in [-0.1, -0.05) is 25.7 Å². The Morgan fingerprint density at radius 3 is 2.41 bits per heavy atom. The van der Waals surface area contributed by atoms with Crippen molar-refractivity contribution in [1.29, 1.82) is 0 Å². The van der Waals surface area contributed by atoms with Gasteiger partial charge in [0, 0.05) is 43.8 Å². The number of hydrogen-bond acceptors (Lipinski definition) is 8. The number of aromatic nitrogens is 2. The van der Waals surface area contributed by atoms with E-state index in [2.05, 4.69) is 32.5 Å². The number of nitrogens with one attached hydrogen (secondary N) is 2. The van der Waals surface area contributed by atoms with Crippen LogP contribution in [0.25, 0.3) is 0 Å². The molecule has 3 aliphatic heterocycles. The fourth-order valence-electron chi connectivity index (χ4n) is 8.14. The first-order valence-electron chi connectivity index (χ1n) is 16.4. The number of rotatable bonds is 6. The molecule has 2 aliphatic carbocycles. The minimum absolute atomic E-state index is 0.0251. The summed E-state index contributed by atoms with van der Waals surface area (Å²) in [5, 5.41) is 6.24. The van der Waals surface area contributed by atoms with Gasteiger partial charge in [-0.25, -0.2) is 9.37 Å². The van der Waals surface area contributed by atoms with E-state index < -0.39 is 11.7 Å². The zero-order valence-corrected chi connectivity index (χ0v) is 26.1. The molecule has 1 spiro atoms. The molecule has 1 aromatic carbocycles. The lowest BCUT2D eigenvalue weighted by atomic mass is 9.82. The number of ether oxygens (including phenoxy) is 1. The lowest BCUT2D eigenvalue weighted by Gasteiger charge is -2.47. The van der Waals surface area contributed by atoms with Gasteiger partial charge in [0.05, 0.1) is 30.0 Å². The molecule has 2 atom stereocenters. The van der Waals surface area contributed by atoms with E-state index in [0.717, 1.165) is 57.2 Å². The number of hydrogen-bond donors (Lipinski definition) is 2. The summed E-state index contributed by atoms with van der Waals surface area (Å²) >= 11 is 0. The molecule has 2 aromatic rings. The Kier molecular flexibility index (Phi) is 7.63. The number of halogens is 1. The predicted octanol–water partition coefficient (Wildman–Crippen LogP) is 5.01. The third-order valence-electron chi connectivity index (χ3n) is 10.9. The maximum atomic E-state index is 15.5. The highest BCUT2D eigenvalue weighted by molar-refractivity contribution is 6.03. The fourth-order valence-corrected chi connectivity index (χ4v) is 8.14. The van der Waals surface area contributed by atoms with Crippen molar-refractivity contribution in [1.82, 2.24) is 20.2 Å². The SMILES string of the molecule is COc1cc(C(=O)NC2CC3CCCC(C2)N3C)c(F)cc1Nc1ncc2c(n1)N(C1CCCCC1)CC1(CC1)C(=O)N2C. The minimum Gasteiger partial charge on any atom is -0.495 e. The van der Waals surface area contributed by atoms with Gasteiger partial charge in [0.1, 0.15) is 17.3 Å². The van der Waals surface area contributed by atoms with Crippen molar-refractivity contribution in [3.05, 3.63) is 29.7 Å². The van der Waals surface area contributed by atoms with Gasteiger partial charge in [-0.3, -0.25) is 9.59 Å². The van der Waals surface area contributed by atoms with Crippen LogP contribution in [0.1, 0.15) is 87.4 Å². The molecule has 2 unspecified atom stereocenters. The van der Waals surface area contributed by atoms with Gasteiger partial charge < -0.3 is 30.1 Å². The number of benzene rings is 1.